The Morgan fingerprint density at radius 1 is 0.475 bits per heavy atom. The molecule has 0 unspecified atom stereocenters. The smallest absolute Gasteiger partial charge is 0.138 e. The van der Waals surface area contributed by atoms with E-state index in [1.807, 2.05) is 0 Å². The SMILES string of the molecule is c1cc(-c2ccc3c4ccccc4c4ccccc4c3c2)nc(-n2c3cscc3c3c4ccccc4ccc32)c1. The van der Waals surface area contributed by atoms with Crippen LogP contribution in [0.1, 0.15) is 0 Å². The lowest BCUT2D eigenvalue weighted by atomic mass is 9.93. The Labute approximate surface area is 234 Å². The first-order valence-corrected chi connectivity index (χ1v) is 14.5. The van der Waals surface area contributed by atoms with E-state index in [0.717, 1.165) is 17.1 Å². The number of rotatable bonds is 2. The van der Waals surface area contributed by atoms with E-state index >= 15 is 0 Å². The first kappa shape index (κ1) is 21.9. The van der Waals surface area contributed by atoms with E-state index in [1.165, 1.54) is 64.9 Å². The summed E-state index contributed by atoms with van der Waals surface area (Å²) in [6.45, 7) is 0. The van der Waals surface area contributed by atoms with Gasteiger partial charge in [-0.25, -0.2) is 4.98 Å². The maximum absolute atomic E-state index is 5.26. The van der Waals surface area contributed by atoms with E-state index in [0.29, 0.717) is 0 Å². The van der Waals surface area contributed by atoms with Crippen molar-refractivity contribution in [3.63, 3.8) is 0 Å². The van der Waals surface area contributed by atoms with Gasteiger partial charge >= 0.3 is 0 Å². The molecule has 0 saturated carbocycles. The highest BCUT2D eigenvalue weighted by Crippen LogP contribution is 2.39. The normalized spacial score (nSPS) is 12.0. The second kappa shape index (κ2) is 8.25. The third-order valence-electron chi connectivity index (χ3n) is 8.30. The van der Waals surface area contributed by atoms with Crippen LogP contribution in [0, 0.1) is 0 Å². The van der Waals surface area contributed by atoms with Crippen LogP contribution in [0.2, 0.25) is 0 Å². The van der Waals surface area contributed by atoms with Crippen molar-refractivity contribution in [1.82, 2.24) is 9.55 Å². The van der Waals surface area contributed by atoms with Crippen molar-refractivity contribution in [3.05, 3.63) is 132 Å². The minimum atomic E-state index is 0.939. The number of hydrogen-bond acceptors (Lipinski definition) is 2. The minimum Gasteiger partial charge on any atom is -0.293 e. The van der Waals surface area contributed by atoms with Crippen LogP contribution in [-0.4, -0.2) is 9.55 Å². The monoisotopic (exact) mass is 526 g/mol. The predicted octanol–water partition coefficient (Wildman–Crippen LogP) is 10.5. The van der Waals surface area contributed by atoms with Crippen molar-refractivity contribution < 1.29 is 0 Å². The molecule has 3 heteroatoms. The standard InChI is InChI=1S/C37H22N2S/c1-2-9-25-23(8-1)17-19-34-37(25)32-21-40-22-35(32)39(34)36-15-7-14-33(38-36)24-16-18-30-28-12-4-3-10-26(28)27-11-5-6-13-29(27)31(30)20-24/h1-22H. The van der Waals surface area contributed by atoms with E-state index in [9.17, 15) is 0 Å². The summed E-state index contributed by atoms with van der Waals surface area (Å²) in [5, 5.41) is 17.3. The molecule has 9 aromatic rings. The Balaban J connectivity index is 1.29. The fourth-order valence-electron chi connectivity index (χ4n) is 6.53. The minimum absolute atomic E-state index is 0.939. The Kier molecular flexibility index (Phi) is 4.52. The van der Waals surface area contributed by atoms with Gasteiger partial charge in [0, 0.05) is 27.1 Å². The summed E-state index contributed by atoms with van der Waals surface area (Å²) in [7, 11) is 0. The molecular formula is C37H22N2S. The van der Waals surface area contributed by atoms with Gasteiger partial charge in [0.2, 0.25) is 0 Å². The fraction of sp³-hybridized carbons (Fsp3) is 0. The van der Waals surface area contributed by atoms with Gasteiger partial charge in [-0.15, -0.1) is 11.3 Å². The van der Waals surface area contributed by atoms with E-state index in [1.54, 1.807) is 11.3 Å². The van der Waals surface area contributed by atoms with Crippen LogP contribution in [0.25, 0.3) is 82.0 Å². The molecule has 0 radical (unpaired) electrons. The second-order valence-corrected chi connectivity index (χ2v) is 11.2. The lowest BCUT2D eigenvalue weighted by molar-refractivity contribution is 1.09. The molecule has 0 fully saturated rings. The van der Waals surface area contributed by atoms with Crippen molar-refractivity contribution in [3.8, 4) is 17.1 Å². The molecule has 2 nitrogen and oxygen atoms in total. The summed E-state index contributed by atoms with van der Waals surface area (Å²) < 4.78 is 2.32. The van der Waals surface area contributed by atoms with Gasteiger partial charge in [-0.3, -0.25) is 4.57 Å². The molecule has 9 rings (SSSR count). The van der Waals surface area contributed by atoms with Gasteiger partial charge in [0.15, 0.2) is 0 Å². The number of hydrogen-bond donors (Lipinski definition) is 0. The lowest BCUT2D eigenvalue weighted by Gasteiger charge is -2.13. The van der Waals surface area contributed by atoms with Crippen molar-refractivity contribution in [2.45, 2.75) is 0 Å². The summed E-state index contributed by atoms with van der Waals surface area (Å²) in [6.07, 6.45) is 0. The summed E-state index contributed by atoms with van der Waals surface area (Å²) in [5.74, 6) is 0.939. The first-order valence-electron chi connectivity index (χ1n) is 13.5. The van der Waals surface area contributed by atoms with E-state index in [-0.39, 0.29) is 0 Å². The molecule has 0 aliphatic rings. The number of nitrogens with zero attached hydrogens (tertiary/aromatic N) is 2. The Morgan fingerprint density at radius 3 is 1.93 bits per heavy atom. The van der Waals surface area contributed by atoms with E-state index < -0.39 is 0 Å². The highest BCUT2D eigenvalue weighted by atomic mass is 32.1. The summed E-state index contributed by atoms with van der Waals surface area (Å²) >= 11 is 1.75. The molecule has 0 bridgehead atoms. The van der Waals surface area contributed by atoms with Gasteiger partial charge in [0.1, 0.15) is 5.82 Å². The number of fused-ring (bicyclic) bond motifs is 11. The van der Waals surface area contributed by atoms with Gasteiger partial charge in [0.05, 0.1) is 16.7 Å². The molecule has 0 atom stereocenters. The molecule has 6 aromatic carbocycles. The maximum Gasteiger partial charge on any atom is 0.138 e. The molecule has 0 spiro atoms. The van der Waals surface area contributed by atoms with Gasteiger partial charge in [-0.1, -0.05) is 97.1 Å². The number of benzene rings is 6. The average molecular weight is 527 g/mol. The Morgan fingerprint density at radius 2 is 1.15 bits per heavy atom. The summed E-state index contributed by atoms with van der Waals surface area (Å²) in [5.41, 5.74) is 4.50. The van der Waals surface area contributed by atoms with Crippen molar-refractivity contribution in [1.29, 1.82) is 0 Å². The zero-order valence-corrected chi connectivity index (χ0v) is 22.3. The molecule has 0 amide bonds. The van der Waals surface area contributed by atoms with Crippen molar-refractivity contribution in [2.24, 2.45) is 0 Å². The maximum atomic E-state index is 5.26. The molecule has 0 saturated heterocycles. The van der Waals surface area contributed by atoms with Crippen LogP contribution in [0.5, 0.6) is 0 Å². The van der Waals surface area contributed by atoms with Crippen LogP contribution in [0.15, 0.2) is 132 Å². The van der Waals surface area contributed by atoms with Crippen LogP contribution < -0.4 is 0 Å². The van der Waals surface area contributed by atoms with E-state index in [2.05, 4.69) is 137 Å². The topological polar surface area (TPSA) is 17.8 Å². The highest BCUT2D eigenvalue weighted by molar-refractivity contribution is 7.09. The largest absolute Gasteiger partial charge is 0.293 e. The first-order chi connectivity index (χ1) is 19.8. The molecule has 0 N–H and O–H groups in total. The fourth-order valence-corrected chi connectivity index (χ4v) is 7.34. The second-order valence-electron chi connectivity index (χ2n) is 10.4. The predicted molar refractivity (Wildman–Crippen MR) is 172 cm³/mol. The van der Waals surface area contributed by atoms with Crippen molar-refractivity contribution >= 4 is 76.2 Å². The Hall–Kier alpha value is -4.99. The molecular weight excluding hydrogens is 504 g/mol. The molecule has 186 valence electrons. The number of aromatic nitrogens is 2. The molecule has 3 heterocycles. The van der Waals surface area contributed by atoms with Gasteiger partial charge < -0.3 is 0 Å². The van der Waals surface area contributed by atoms with Gasteiger partial charge in [0.25, 0.3) is 0 Å². The van der Waals surface area contributed by atoms with Crippen molar-refractivity contribution in [2.75, 3.05) is 0 Å². The zero-order chi connectivity index (χ0) is 26.2. The molecule has 0 aliphatic carbocycles. The average Bonchev–Trinajstić information content (AvgIpc) is 3.62. The number of thiophene rings is 1. The van der Waals surface area contributed by atoms with Crippen LogP contribution in [0.3, 0.4) is 0 Å². The van der Waals surface area contributed by atoms with Crippen LogP contribution in [0.4, 0.5) is 0 Å². The lowest BCUT2D eigenvalue weighted by Crippen LogP contribution is -1.98. The van der Waals surface area contributed by atoms with Gasteiger partial charge in [-0.2, -0.15) is 0 Å². The summed E-state index contributed by atoms with van der Waals surface area (Å²) in [4.78, 5) is 5.26. The Bertz CT molecular complexity index is 2410. The highest BCUT2D eigenvalue weighted by Gasteiger charge is 2.17. The third kappa shape index (κ3) is 3.01. The number of pyridine rings is 1. The van der Waals surface area contributed by atoms with Crippen LogP contribution >= 0.6 is 11.3 Å². The molecule has 3 aromatic heterocycles. The quantitative estimate of drug-likeness (QED) is 0.205. The summed E-state index contributed by atoms with van der Waals surface area (Å²) in [6, 6.07) is 43.7. The van der Waals surface area contributed by atoms with Gasteiger partial charge in [-0.05, 0) is 67.4 Å². The third-order valence-corrected chi connectivity index (χ3v) is 9.03. The van der Waals surface area contributed by atoms with Crippen LogP contribution in [-0.2, 0) is 0 Å². The van der Waals surface area contributed by atoms with E-state index in [4.69, 9.17) is 4.98 Å². The molecule has 0 aliphatic heterocycles. The molecule has 40 heavy (non-hydrogen) atoms. The zero-order valence-electron chi connectivity index (χ0n) is 21.5.